The van der Waals surface area contributed by atoms with Gasteiger partial charge in [-0.2, -0.15) is 5.26 Å². The zero-order valence-electron chi connectivity index (χ0n) is 9.15. The Kier molecular flexibility index (Phi) is 5.77. The molecule has 4 heteroatoms. The molecule has 0 N–H and O–H groups in total. The van der Waals surface area contributed by atoms with E-state index in [1.54, 1.807) is 0 Å². The fourth-order valence-corrected chi connectivity index (χ4v) is 1.87. The third-order valence-corrected chi connectivity index (χ3v) is 2.75. The zero-order valence-corrected chi connectivity index (χ0v) is 9.15. The lowest BCUT2D eigenvalue weighted by molar-refractivity contribution is 0.266. The number of hydrogen-bond acceptors (Lipinski definition) is 3. The van der Waals surface area contributed by atoms with E-state index in [-0.39, 0.29) is 0 Å². The summed E-state index contributed by atoms with van der Waals surface area (Å²) < 4.78 is 0. The molecule has 0 unspecified atom stereocenters. The van der Waals surface area contributed by atoms with Crippen LogP contribution in [0.5, 0.6) is 0 Å². The largest absolute Gasteiger partial charge is 0.316 e. The highest BCUT2D eigenvalue weighted by atomic mass is 15.2. The van der Waals surface area contributed by atoms with Gasteiger partial charge in [0.15, 0.2) is 0 Å². The highest BCUT2D eigenvalue weighted by Gasteiger charge is 2.14. The van der Waals surface area contributed by atoms with Crippen LogP contribution in [0.4, 0.5) is 0 Å². The average molecular weight is 206 g/mol. The van der Waals surface area contributed by atoms with E-state index < -0.39 is 0 Å². The summed E-state index contributed by atoms with van der Waals surface area (Å²) in [5.74, 6) is 0. The van der Waals surface area contributed by atoms with Gasteiger partial charge in [0.1, 0.15) is 0 Å². The second kappa shape index (κ2) is 7.23. The quantitative estimate of drug-likeness (QED) is 0.639. The van der Waals surface area contributed by atoms with Gasteiger partial charge in [0.25, 0.3) is 0 Å². The van der Waals surface area contributed by atoms with Crippen molar-refractivity contribution in [3.8, 4) is 6.07 Å². The standard InChI is InChI=1S/C11H18N4/c1-13-5-9-15-8-3-7-14(10-11-15)6-2-4-12/h2-3,5-11H2. The molecule has 0 saturated carbocycles. The van der Waals surface area contributed by atoms with Gasteiger partial charge in [-0.15, -0.1) is 0 Å². The number of nitrogens with zero attached hydrogens (tertiary/aromatic N) is 4. The fraction of sp³-hybridized carbons (Fsp3) is 0.818. The van der Waals surface area contributed by atoms with Gasteiger partial charge in [0.05, 0.1) is 12.6 Å². The van der Waals surface area contributed by atoms with Crippen molar-refractivity contribution in [2.75, 3.05) is 45.8 Å². The lowest BCUT2D eigenvalue weighted by Crippen LogP contribution is -2.32. The number of rotatable bonds is 4. The zero-order chi connectivity index (χ0) is 10.9. The van der Waals surface area contributed by atoms with Gasteiger partial charge >= 0.3 is 0 Å². The second-order valence-corrected chi connectivity index (χ2v) is 3.83. The molecule has 1 aliphatic heterocycles. The predicted octanol–water partition coefficient (Wildman–Crippen LogP) is 0.827. The summed E-state index contributed by atoms with van der Waals surface area (Å²) in [4.78, 5) is 8.08. The van der Waals surface area contributed by atoms with Crippen molar-refractivity contribution in [3.05, 3.63) is 11.4 Å². The van der Waals surface area contributed by atoms with E-state index in [1.807, 2.05) is 0 Å². The van der Waals surface area contributed by atoms with Gasteiger partial charge in [-0.05, 0) is 19.5 Å². The third-order valence-electron chi connectivity index (χ3n) is 2.75. The lowest BCUT2D eigenvalue weighted by Gasteiger charge is -2.19. The maximum absolute atomic E-state index is 8.52. The van der Waals surface area contributed by atoms with Crippen LogP contribution < -0.4 is 0 Å². The van der Waals surface area contributed by atoms with Gasteiger partial charge in [0.2, 0.25) is 6.54 Å². The maximum atomic E-state index is 8.52. The van der Waals surface area contributed by atoms with Crippen LogP contribution in [0.25, 0.3) is 4.85 Å². The molecule has 0 atom stereocenters. The summed E-state index contributed by atoms with van der Waals surface area (Å²) in [6, 6.07) is 2.19. The topological polar surface area (TPSA) is 34.6 Å². The van der Waals surface area contributed by atoms with Crippen molar-refractivity contribution in [1.29, 1.82) is 5.26 Å². The van der Waals surface area contributed by atoms with Crippen molar-refractivity contribution in [1.82, 2.24) is 9.80 Å². The molecule has 0 aromatic rings. The van der Waals surface area contributed by atoms with E-state index in [4.69, 9.17) is 11.8 Å². The SMILES string of the molecule is [C-]#[N+]CCN1CCCN(CCC#N)CC1. The van der Waals surface area contributed by atoms with Crippen LogP contribution in [0, 0.1) is 17.9 Å². The van der Waals surface area contributed by atoms with E-state index in [0.29, 0.717) is 13.0 Å². The summed E-state index contributed by atoms with van der Waals surface area (Å²) in [7, 11) is 0. The van der Waals surface area contributed by atoms with E-state index in [1.165, 1.54) is 0 Å². The summed E-state index contributed by atoms with van der Waals surface area (Å²) in [5.41, 5.74) is 0. The van der Waals surface area contributed by atoms with Crippen LogP contribution in [-0.4, -0.2) is 55.6 Å². The molecule has 0 aromatic carbocycles. The fourth-order valence-electron chi connectivity index (χ4n) is 1.87. The summed E-state index contributed by atoms with van der Waals surface area (Å²) in [5, 5.41) is 8.52. The van der Waals surface area contributed by atoms with E-state index >= 15 is 0 Å². The summed E-state index contributed by atoms with van der Waals surface area (Å²) in [6.45, 7) is 13.4. The molecule has 0 aliphatic carbocycles. The normalized spacial score (nSPS) is 19.1. The highest BCUT2D eigenvalue weighted by molar-refractivity contribution is 4.76. The Bertz CT molecular complexity index is 224. The molecule has 0 spiro atoms. The monoisotopic (exact) mass is 206 g/mol. The molecule has 82 valence electrons. The van der Waals surface area contributed by atoms with E-state index in [9.17, 15) is 0 Å². The Labute approximate surface area is 91.9 Å². The van der Waals surface area contributed by atoms with Crippen molar-refractivity contribution in [3.63, 3.8) is 0 Å². The highest BCUT2D eigenvalue weighted by Crippen LogP contribution is 2.03. The third kappa shape index (κ3) is 4.78. The first kappa shape index (κ1) is 12.0. The molecular formula is C11H18N4. The molecule has 1 saturated heterocycles. The van der Waals surface area contributed by atoms with Gasteiger partial charge in [-0.1, -0.05) is 0 Å². The second-order valence-electron chi connectivity index (χ2n) is 3.83. The average Bonchev–Trinajstić information content (AvgIpc) is 2.49. The van der Waals surface area contributed by atoms with Crippen LogP contribution in [0.15, 0.2) is 0 Å². The first-order valence-electron chi connectivity index (χ1n) is 5.51. The molecule has 0 amide bonds. The van der Waals surface area contributed by atoms with Crippen molar-refractivity contribution >= 4 is 0 Å². The number of nitriles is 1. The predicted molar refractivity (Wildman–Crippen MR) is 59.2 cm³/mol. The van der Waals surface area contributed by atoms with Crippen molar-refractivity contribution in [2.24, 2.45) is 0 Å². The molecule has 4 nitrogen and oxygen atoms in total. The minimum atomic E-state index is 0.609. The van der Waals surface area contributed by atoms with Crippen LogP contribution in [0.1, 0.15) is 12.8 Å². The first-order valence-corrected chi connectivity index (χ1v) is 5.51. The van der Waals surface area contributed by atoms with Crippen LogP contribution in [-0.2, 0) is 0 Å². The summed E-state index contributed by atoms with van der Waals surface area (Å²) >= 11 is 0. The number of hydrogen-bond donors (Lipinski definition) is 0. The van der Waals surface area contributed by atoms with Gasteiger partial charge in [0, 0.05) is 26.1 Å². The Morgan fingerprint density at radius 2 is 1.80 bits per heavy atom. The van der Waals surface area contributed by atoms with Gasteiger partial charge in [-0.3, -0.25) is 4.90 Å². The molecule has 15 heavy (non-hydrogen) atoms. The Balaban J connectivity index is 2.23. The van der Waals surface area contributed by atoms with Crippen LogP contribution in [0.2, 0.25) is 0 Å². The minimum absolute atomic E-state index is 0.609. The van der Waals surface area contributed by atoms with E-state index in [0.717, 1.165) is 45.7 Å². The molecule has 1 fully saturated rings. The summed E-state index contributed by atoms with van der Waals surface area (Å²) in [6.07, 6.45) is 1.78. The maximum Gasteiger partial charge on any atom is 0.227 e. The molecule has 0 bridgehead atoms. The molecule has 0 radical (unpaired) electrons. The van der Waals surface area contributed by atoms with Crippen molar-refractivity contribution < 1.29 is 0 Å². The minimum Gasteiger partial charge on any atom is -0.316 e. The Morgan fingerprint density at radius 3 is 2.40 bits per heavy atom. The first-order chi connectivity index (χ1) is 7.36. The van der Waals surface area contributed by atoms with Gasteiger partial charge in [-0.25, -0.2) is 6.57 Å². The van der Waals surface area contributed by atoms with Crippen LogP contribution in [0.3, 0.4) is 0 Å². The molecule has 1 rings (SSSR count). The smallest absolute Gasteiger partial charge is 0.227 e. The van der Waals surface area contributed by atoms with E-state index in [2.05, 4.69) is 20.7 Å². The Hall–Kier alpha value is -1.10. The Morgan fingerprint density at radius 1 is 1.13 bits per heavy atom. The molecule has 1 heterocycles. The molecule has 1 aliphatic rings. The van der Waals surface area contributed by atoms with Crippen LogP contribution >= 0.6 is 0 Å². The van der Waals surface area contributed by atoms with Crippen molar-refractivity contribution in [2.45, 2.75) is 12.8 Å². The lowest BCUT2D eigenvalue weighted by atomic mass is 10.3. The van der Waals surface area contributed by atoms with Gasteiger partial charge < -0.3 is 9.74 Å². The molecular weight excluding hydrogens is 188 g/mol. The molecule has 0 aromatic heterocycles.